The van der Waals surface area contributed by atoms with E-state index in [9.17, 15) is 0 Å². The highest BCUT2D eigenvalue weighted by Crippen LogP contribution is 2.26. The van der Waals surface area contributed by atoms with Crippen molar-refractivity contribution in [3.8, 4) is 0 Å². The van der Waals surface area contributed by atoms with Crippen molar-refractivity contribution in [2.75, 3.05) is 18.4 Å². The lowest BCUT2D eigenvalue weighted by molar-refractivity contribution is 0.234. The molecule has 3 aromatic rings. The summed E-state index contributed by atoms with van der Waals surface area (Å²) < 4.78 is 2.00. The van der Waals surface area contributed by atoms with E-state index in [4.69, 9.17) is 0 Å². The molecule has 2 aromatic carbocycles. The topological polar surface area (TPSA) is 57.1 Å². The van der Waals surface area contributed by atoms with Gasteiger partial charge in [-0.15, -0.1) is 0 Å². The number of aryl methyl sites for hydroxylation is 2. The maximum absolute atomic E-state index is 4.48. The van der Waals surface area contributed by atoms with Gasteiger partial charge in [0.05, 0.1) is 23.6 Å². The quantitative estimate of drug-likeness (QED) is 0.141. The van der Waals surface area contributed by atoms with Crippen LogP contribution in [0.25, 0.3) is 0 Å². The van der Waals surface area contributed by atoms with Gasteiger partial charge < -0.3 is 25.4 Å². The van der Waals surface area contributed by atoms with Crippen LogP contribution in [0.3, 0.4) is 0 Å². The first-order chi connectivity index (χ1) is 23.5. The third-order valence-corrected chi connectivity index (χ3v) is 9.55. The average Bonchev–Trinajstić information content (AvgIpc) is 3.36. The highest BCUT2D eigenvalue weighted by molar-refractivity contribution is 5.46. The maximum Gasteiger partial charge on any atom is 0.151 e. The normalized spacial score (nSPS) is 14.2. The second-order valence-corrected chi connectivity index (χ2v) is 16.0. The zero-order chi connectivity index (χ0) is 36.9. The molecule has 1 aliphatic rings. The van der Waals surface area contributed by atoms with Crippen molar-refractivity contribution in [3.05, 3.63) is 133 Å². The fourth-order valence-electron chi connectivity index (χ4n) is 6.20. The van der Waals surface area contributed by atoms with E-state index in [1.807, 2.05) is 24.9 Å². The predicted molar refractivity (Wildman–Crippen MR) is 216 cm³/mol. The summed E-state index contributed by atoms with van der Waals surface area (Å²) in [5, 5.41) is 10.7. The first-order valence-electron chi connectivity index (χ1n) is 18.4. The van der Waals surface area contributed by atoms with Gasteiger partial charge in [-0.2, -0.15) is 0 Å². The summed E-state index contributed by atoms with van der Waals surface area (Å²) in [6, 6.07) is 21.2. The molecule has 4 rings (SSSR count). The lowest BCUT2D eigenvalue weighted by Crippen LogP contribution is -2.48. The van der Waals surface area contributed by atoms with Crippen LogP contribution in [-0.2, 0) is 19.9 Å². The number of piperidine rings is 1. The van der Waals surface area contributed by atoms with E-state index in [-0.39, 0.29) is 17.0 Å². The van der Waals surface area contributed by atoms with Gasteiger partial charge in [0.15, 0.2) is 5.82 Å². The third-order valence-electron chi connectivity index (χ3n) is 9.55. The molecule has 0 spiro atoms. The number of rotatable bonds is 16. The molecule has 6 nitrogen and oxygen atoms in total. The van der Waals surface area contributed by atoms with E-state index in [0.717, 1.165) is 66.6 Å². The van der Waals surface area contributed by atoms with Gasteiger partial charge >= 0.3 is 0 Å². The molecule has 0 radical (unpaired) electrons. The molecule has 1 saturated heterocycles. The van der Waals surface area contributed by atoms with Crippen molar-refractivity contribution in [2.24, 2.45) is 18.4 Å². The van der Waals surface area contributed by atoms with Crippen LogP contribution in [0.1, 0.15) is 90.5 Å². The molecule has 2 heterocycles. The van der Waals surface area contributed by atoms with E-state index in [2.05, 4.69) is 154 Å². The van der Waals surface area contributed by atoms with Crippen molar-refractivity contribution < 1.29 is 0 Å². The Labute approximate surface area is 304 Å². The first-order valence-corrected chi connectivity index (χ1v) is 18.4. The number of hydrogen-bond donors (Lipinski definition) is 3. The zero-order valence-electron chi connectivity index (χ0n) is 32.5. The summed E-state index contributed by atoms with van der Waals surface area (Å²) in [7, 11) is 1.99. The van der Waals surface area contributed by atoms with Gasteiger partial charge in [-0.3, -0.25) is 0 Å². The third kappa shape index (κ3) is 13.6. The number of anilines is 1. The molecule has 1 aromatic heterocycles. The summed E-state index contributed by atoms with van der Waals surface area (Å²) in [6.07, 6.45) is 9.31. The number of nitrogens with zero attached hydrogens (tertiary/aromatic N) is 3. The van der Waals surface area contributed by atoms with Gasteiger partial charge in [0.2, 0.25) is 0 Å². The summed E-state index contributed by atoms with van der Waals surface area (Å²) in [4.78, 5) is 6.94. The van der Waals surface area contributed by atoms with Gasteiger partial charge in [-0.05, 0) is 81.8 Å². The minimum Gasteiger partial charge on any atom is -0.379 e. The number of nitrogens with one attached hydrogen (secondary N) is 3. The maximum atomic E-state index is 4.48. The molecule has 1 fully saturated rings. The standard InChI is InChI=1S/C29H45N5.C15H21N/c1-21(19-28(5,6)7)33-29(8,9)24(4)32-26(18-14-17-25-15-12-11-13-16-25)22(2)31-27-23(3)34(10)20-30-27;1-13-8-10-16(11-9-13)14(2)12-15-6-4-3-5-7-15/h11-13,15-16,20,26,31-33H,1-2,4,14,17-19H2,3,5-10H3;3-7,13H,2,8-12H2,1H3. The van der Waals surface area contributed by atoms with E-state index in [1.165, 1.54) is 42.8 Å². The first kappa shape index (κ1) is 40.2. The van der Waals surface area contributed by atoms with Crippen LogP contribution in [0.4, 0.5) is 5.82 Å². The molecule has 50 heavy (non-hydrogen) atoms. The van der Waals surface area contributed by atoms with Gasteiger partial charge in [0, 0.05) is 49.3 Å². The Morgan fingerprint density at radius 2 is 1.48 bits per heavy atom. The Bertz CT molecular complexity index is 1520. The Morgan fingerprint density at radius 1 is 0.900 bits per heavy atom. The number of imidazole rings is 1. The molecule has 0 bridgehead atoms. The number of likely N-dealkylation sites (tertiary alicyclic amines) is 1. The van der Waals surface area contributed by atoms with Crippen LogP contribution in [0.15, 0.2) is 116 Å². The zero-order valence-corrected chi connectivity index (χ0v) is 32.5. The molecule has 0 amide bonds. The number of benzene rings is 2. The highest BCUT2D eigenvalue weighted by atomic mass is 15.1. The minimum atomic E-state index is -0.360. The smallest absolute Gasteiger partial charge is 0.151 e. The van der Waals surface area contributed by atoms with Crippen LogP contribution >= 0.6 is 0 Å². The van der Waals surface area contributed by atoms with Gasteiger partial charge in [-0.25, -0.2) is 4.98 Å². The molecule has 272 valence electrons. The molecule has 1 atom stereocenters. The van der Waals surface area contributed by atoms with E-state index in [0.29, 0.717) is 0 Å². The van der Waals surface area contributed by atoms with Crippen LogP contribution in [0.2, 0.25) is 0 Å². The van der Waals surface area contributed by atoms with Crippen LogP contribution in [-0.4, -0.2) is 39.1 Å². The van der Waals surface area contributed by atoms with E-state index >= 15 is 0 Å². The molecule has 6 heteroatoms. The Morgan fingerprint density at radius 3 is 2.02 bits per heavy atom. The molecule has 0 aliphatic carbocycles. The summed E-state index contributed by atoms with van der Waals surface area (Å²) >= 11 is 0. The number of aromatic nitrogens is 2. The Balaban J connectivity index is 0.000000349. The molecular formula is C44H66N6. The summed E-state index contributed by atoms with van der Waals surface area (Å²) in [5.74, 6) is 1.73. The van der Waals surface area contributed by atoms with Crippen molar-refractivity contribution in [2.45, 2.75) is 105 Å². The Hall–Kier alpha value is -4.19. The van der Waals surface area contributed by atoms with Gasteiger partial charge in [0.25, 0.3) is 0 Å². The molecule has 3 N–H and O–H groups in total. The number of allylic oxidation sites excluding steroid dienone is 2. The molecule has 1 unspecified atom stereocenters. The largest absolute Gasteiger partial charge is 0.379 e. The van der Waals surface area contributed by atoms with Crippen molar-refractivity contribution in [1.29, 1.82) is 0 Å². The fraction of sp³-hybridized carbons (Fsp3) is 0.477. The van der Waals surface area contributed by atoms with Gasteiger partial charge in [-0.1, -0.05) is 115 Å². The van der Waals surface area contributed by atoms with Crippen molar-refractivity contribution in [3.63, 3.8) is 0 Å². The lowest BCUT2D eigenvalue weighted by Gasteiger charge is -2.36. The van der Waals surface area contributed by atoms with Crippen LogP contribution in [0, 0.1) is 18.3 Å². The van der Waals surface area contributed by atoms with E-state index < -0.39 is 0 Å². The monoisotopic (exact) mass is 679 g/mol. The highest BCUT2D eigenvalue weighted by Gasteiger charge is 2.27. The minimum absolute atomic E-state index is 0.00887. The lowest BCUT2D eigenvalue weighted by atomic mass is 9.89. The van der Waals surface area contributed by atoms with Gasteiger partial charge in [0.1, 0.15) is 0 Å². The van der Waals surface area contributed by atoms with Crippen LogP contribution in [0.5, 0.6) is 0 Å². The SMILES string of the molecule is C=C(CC(C)(C)C)NC(C)(C)C(=C)NC(CCCc1ccccc1)C(=C)Nc1ncn(C)c1C.C=C(Cc1ccccc1)N1CCC(C)CC1. The van der Waals surface area contributed by atoms with Crippen molar-refractivity contribution in [1.82, 2.24) is 25.1 Å². The van der Waals surface area contributed by atoms with E-state index in [1.54, 1.807) is 0 Å². The average molecular weight is 679 g/mol. The molecular weight excluding hydrogens is 613 g/mol. The Kier molecular flexibility index (Phi) is 15.1. The van der Waals surface area contributed by atoms with Crippen molar-refractivity contribution >= 4 is 5.82 Å². The van der Waals surface area contributed by atoms with Crippen LogP contribution < -0.4 is 16.0 Å². The predicted octanol–water partition coefficient (Wildman–Crippen LogP) is 9.94. The molecule has 1 aliphatic heterocycles. The summed E-state index contributed by atoms with van der Waals surface area (Å²) in [5.41, 5.74) is 7.69. The molecule has 0 saturated carbocycles. The summed E-state index contributed by atoms with van der Waals surface area (Å²) in [6.45, 7) is 34.9. The number of hydrogen-bond acceptors (Lipinski definition) is 5. The second-order valence-electron chi connectivity index (χ2n) is 16.0. The second kappa shape index (κ2) is 18.7. The fourth-order valence-corrected chi connectivity index (χ4v) is 6.20.